The maximum Gasteiger partial charge on any atom is 0.334 e. The molecule has 4 rings (SSSR count). The summed E-state index contributed by atoms with van der Waals surface area (Å²) in [6.07, 6.45) is 2.07. The topological polar surface area (TPSA) is 52.6 Å². The molecule has 0 aromatic carbocycles. The summed E-state index contributed by atoms with van der Waals surface area (Å²) >= 11 is 0. The highest BCUT2D eigenvalue weighted by Crippen LogP contribution is 2.59. The van der Waals surface area contributed by atoms with Gasteiger partial charge in [0.15, 0.2) is 0 Å². The van der Waals surface area contributed by atoms with Gasteiger partial charge in [-0.1, -0.05) is 13.5 Å². The van der Waals surface area contributed by atoms with Crippen LogP contribution in [0, 0.1) is 23.2 Å². The fourth-order valence-electron chi connectivity index (χ4n) is 4.91. The second-order valence-corrected chi connectivity index (χ2v) is 6.65. The minimum atomic E-state index is -0.375. The van der Waals surface area contributed by atoms with Gasteiger partial charge in [-0.25, -0.2) is 4.79 Å². The third kappa shape index (κ3) is 1.28. The lowest BCUT2D eigenvalue weighted by Crippen LogP contribution is -2.37. The number of carbonyl (C=O) groups excluding carboxylic acids is 2. The number of carbonyl (C=O) groups is 2. The maximum atomic E-state index is 12.4. The van der Waals surface area contributed by atoms with Crippen LogP contribution in [0.3, 0.4) is 0 Å². The fraction of sp³-hybridized carbons (Fsp3) is 0.733. The Morgan fingerprint density at radius 3 is 2.84 bits per heavy atom. The molecule has 4 nitrogen and oxygen atoms in total. The maximum absolute atomic E-state index is 12.4. The first kappa shape index (κ1) is 11.6. The van der Waals surface area contributed by atoms with Crippen molar-refractivity contribution >= 4 is 11.8 Å². The minimum absolute atomic E-state index is 0.00403. The van der Waals surface area contributed by atoms with E-state index >= 15 is 0 Å². The second-order valence-electron chi connectivity index (χ2n) is 6.65. The number of rotatable bonds is 0. The monoisotopic (exact) mass is 262 g/mol. The van der Waals surface area contributed by atoms with Gasteiger partial charge in [0.05, 0.1) is 18.1 Å². The predicted molar refractivity (Wildman–Crippen MR) is 66.2 cm³/mol. The molecule has 0 aromatic rings. The first-order valence-electron chi connectivity index (χ1n) is 7.07. The van der Waals surface area contributed by atoms with Crippen LogP contribution >= 0.6 is 0 Å². The fourth-order valence-corrected chi connectivity index (χ4v) is 4.91. The van der Waals surface area contributed by atoms with Crippen LogP contribution in [0.2, 0.25) is 0 Å². The lowest BCUT2D eigenvalue weighted by molar-refractivity contribution is -0.139. The molecular weight excluding hydrogens is 244 g/mol. The van der Waals surface area contributed by atoms with E-state index in [0.29, 0.717) is 42.6 Å². The summed E-state index contributed by atoms with van der Waals surface area (Å²) in [5.74, 6) is 0.709. The molecule has 0 N–H and O–H groups in total. The summed E-state index contributed by atoms with van der Waals surface area (Å²) in [6.45, 7) is 6.57. The molecule has 0 spiro atoms. The molecule has 0 aromatic heterocycles. The van der Waals surface area contributed by atoms with Crippen molar-refractivity contribution in [1.29, 1.82) is 0 Å². The van der Waals surface area contributed by atoms with Crippen LogP contribution in [0.5, 0.6) is 0 Å². The van der Waals surface area contributed by atoms with Gasteiger partial charge in [0.1, 0.15) is 11.9 Å². The molecule has 102 valence electrons. The standard InChI is InChI=1S/C15H18O4/c1-7-3-10-9(8(2)14(17)19-10)5-15-6-18-11(13(7)15)4-12(15)16/h7,9-11,13H,2-6H2,1H3/t7-,9+,10+,11+,13+,15-/m0/s1. The van der Waals surface area contributed by atoms with Crippen molar-refractivity contribution in [2.24, 2.45) is 23.2 Å². The Bertz CT molecular complexity index is 496. The largest absolute Gasteiger partial charge is 0.458 e. The number of Topliss-reactive ketones (excluding diaryl/α,β-unsaturated/α-hetero) is 1. The molecule has 4 aliphatic rings. The van der Waals surface area contributed by atoms with Crippen LogP contribution in [0.15, 0.2) is 12.2 Å². The van der Waals surface area contributed by atoms with E-state index in [1.165, 1.54) is 0 Å². The van der Waals surface area contributed by atoms with Gasteiger partial charge in [-0.2, -0.15) is 0 Å². The zero-order chi connectivity index (χ0) is 13.4. The Morgan fingerprint density at radius 2 is 2.11 bits per heavy atom. The lowest BCUT2D eigenvalue weighted by Gasteiger charge is -2.30. The molecule has 2 aliphatic heterocycles. The third-order valence-corrected chi connectivity index (χ3v) is 5.75. The summed E-state index contributed by atoms with van der Waals surface area (Å²) in [6, 6.07) is 0. The number of fused-ring (bicyclic) bond motifs is 1. The number of hydrogen-bond acceptors (Lipinski definition) is 4. The molecular formula is C15H18O4. The highest BCUT2D eigenvalue weighted by Gasteiger charge is 2.65. The molecule has 0 amide bonds. The molecule has 4 fully saturated rings. The number of esters is 1. The Hall–Kier alpha value is -1.16. The highest BCUT2D eigenvalue weighted by molar-refractivity contribution is 5.92. The zero-order valence-corrected chi connectivity index (χ0v) is 11.1. The molecule has 2 saturated carbocycles. The van der Waals surface area contributed by atoms with Crippen molar-refractivity contribution in [2.75, 3.05) is 6.61 Å². The van der Waals surface area contributed by atoms with Gasteiger partial charge in [-0.15, -0.1) is 0 Å². The van der Waals surface area contributed by atoms with E-state index in [1.54, 1.807) is 0 Å². The molecule has 6 atom stereocenters. The van der Waals surface area contributed by atoms with Crippen molar-refractivity contribution in [3.05, 3.63) is 12.2 Å². The van der Waals surface area contributed by atoms with Crippen LogP contribution in [0.25, 0.3) is 0 Å². The molecule has 2 heterocycles. The summed E-state index contributed by atoms with van der Waals surface area (Å²) in [5, 5.41) is 0. The Balaban J connectivity index is 1.78. The van der Waals surface area contributed by atoms with E-state index in [4.69, 9.17) is 9.47 Å². The van der Waals surface area contributed by atoms with Crippen molar-refractivity contribution in [3.63, 3.8) is 0 Å². The van der Waals surface area contributed by atoms with Crippen molar-refractivity contribution in [1.82, 2.24) is 0 Å². The first-order valence-corrected chi connectivity index (χ1v) is 7.07. The SMILES string of the molecule is C=C1C(=O)O[C@@H]2C[C@H](C)[C@@H]3[C@H]4CC(=O)[C@@]3(CO4)C[C@H]12. The Labute approximate surface area is 112 Å². The molecule has 2 aliphatic carbocycles. The summed E-state index contributed by atoms with van der Waals surface area (Å²) in [7, 11) is 0. The van der Waals surface area contributed by atoms with Crippen molar-refractivity contribution < 1.29 is 19.1 Å². The van der Waals surface area contributed by atoms with Gasteiger partial charge in [-0.05, 0) is 18.8 Å². The average Bonchev–Trinajstić information content (AvgIpc) is 2.90. The van der Waals surface area contributed by atoms with Gasteiger partial charge in [-0.3, -0.25) is 4.79 Å². The van der Waals surface area contributed by atoms with E-state index in [1.807, 2.05) is 0 Å². The van der Waals surface area contributed by atoms with E-state index in [9.17, 15) is 9.59 Å². The van der Waals surface area contributed by atoms with E-state index in [2.05, 4.69) is 13.5 Å². The lowest BCUT2D eigenvalue weighted by atomic mass is 9.70. The normalized spacial score (nSPS) is 51.8. The minimum Gasteiger partial charge on any atom is -0.458 e. The molecule has 0 radical (unpaired) electrons. The molecule has 4 heteroatoms. The third-order valence-electron chi connectivity index (χ3n) is 5.75. The zero-order valence-electron chi connectivity index (χ0n) is 11.1. The van der Waals surface area contributed by atoms with Crippen molar-refractivity contribution in [3.8, 4) is 0 Å². The summed E-state index contributed by atoms with van der Waals surface area (Å²) < 4.78 is 11.3. The Morgan fingerprint density at radius 1 is 1.32 bits per heavy atom. The highest BCUT2D eigenvalue weighted by atomic mass is 16.6. The van der Waals surface area contributed by atoms with Gasteiger partial charge in [0.25, 0.3) is 0 Å². The molecule has 2 saturated heterocycles. The smallest absolute Gasteiger partial charge is 0.334 e. The van der Waals surface area contributed by atoms with E-state index < -0.39 is 0 Å². The van der Waals surface area contributed by atoms with Crippen molar-refractivity contribution in [2.45, 2.75) is 38.4 Å². The summed E-state index contributed by atoms with van der Waals surface area (Å²) in [4.78, 5) is 24.1. The number of ketones is 1. The first-order chi connectivity index (χ1) is 9.03. The van der Waals surface area contributed by atoms with Gasteiger partial charge >= 0.3 is 5.97 Å². The van der Waals surface area contributed by atoms with Gasteiger partial charge in [0.2, 0.25) is 0 Å². The van der Waals surface area contributed by atoms with Crippen LogP contribution in [-0.4, -0.2) is 30.6 Å². The van der Waals surface area contributed by atoms with Gasteiger partial charge in [0, 0.05) is 23.8 Å². The quantitative estimate of drug-likeness (QED) is 0.490. The van der Waals surface area contributed by atoms with Crippen LogP contribution < -0.4 is 0 Å². The molecule has 2 bridgehead atoms. The molecule has 0 unspecified atom stereocenters. The Kier molecular flexibility index (Phi) is 2.13. The van der Waals surface area contributed by atoms with Crippen LogP contribution in [0.1, 0.15) is 26.2 Å². The van der Waals surface area contributed by atoms with Crippen LogP contribution in [-0.2, 0) is 19.1 Å². The average molecular weight is 262 g/mol. The van der Waals surface area contributed by atoms with E-state index in [0.717, 1.165) is 6.42 Å². The number of hydrogen-bond donors (Lipinski definition) is 0. The second kappa shape index (κ2) is 3.48. The van der Waals surface area contributed by atoms with E-state index in [-0.39, 0.29) is 29.5 Å². The van der Waals surface area contributed by atoms with Gasteiger partial charge < -0.3 is 9.47 Å². The predicted octanol–water partition coefficient (Wildman–Crippen LogP) is 1.49. The molecule has 19 heavy (non-hydrogen) atoms. The van der Waals surface area contributed by atoms with Crippen LogP contribution in [0.4, 0.5) is 0 Å². The summed E-state index contributed by atoms with van der Waals surface area (Å²) in [5.41, 5.74) is 0.177. The number of ether oxygens (including phenoxy) is 2.